The molecule has 3 rings (SSSR count). The molecule has 0 atom stereocenters. The van der Waals surface area contributed by atoms with Crippen molar-refractivity contribution >= 4 is 11.6 Å². The van der Waals surface area contributed by atoms with Gasteiger partial charge in [0, 0.05) is 25.1 Å². The summed E-state index contributed by atoms with van der Waals surface area (Å²) in [6.07, 6.45) is 0. The molecular weight excluding hydrogens is 352 g/mol. The van der Waals surface area contributed by atoms with E-state index in [1.54, 1.807) is 49.4 Å². The van der Waals surface area contributed by atoms with E-state index in [-0.39, 0.29) is 18.8 Å². The fraction of sp³-hybridized carbons (Fsp3) is 0.167. The topological polar surface area (TPSA) is 120 Å². The van der Waals surface area contributed by atoms with E-state index >= 15 is 0 Å². The van der Waals surface area contributed by atoms with Crippen LogP contribution in [0.2, 0.25) is 0 Å². The van der Waals surface area contributed by atoms with Crippen molar-refractivity contribution in [3.8, 4) is 5.75 Å². The molecule has 2 aromatic carbocycles. The number of hydrogen-bond acceptors (Lipinski definition) is 7. The van der Waals surface area contributed by atoms with Crippen LogP contribution in [0.5, 0.6) is 5.75 Å². The van der Waals surface area contributed by atoms with Gasteiger partial charge in [0.25, 0.3) is 11.6 Å². The number of carbonyl (C=O) groups excluding carboxylic acids is 1. The zero-order valence-corrected chi connectivity index (χ0v) is 14.4. The summed E-state index contributed by atoms with van der Waals surface area (Å²) in [6, 6.07) is 12.9. The molecule has 0 saturated carbocycles. The van der Waals surface area contributed by atoms with Crippen molar-refractivity contribution in [2.75, 3.05) is 0 Å². The minimum absolute atomic E-state index is 0.0222. The van der Waals surface area contributed by atoms with Crippen LogP contribution in [-0.2, 0) is 13.2 Å². The Balaban J connectivity index is 1.69. The van der Waals surface area contributed by atoms with Gasteiger partial charge in [-0.1, -0.05) is 35.5 Å². The monoisotopic (exact) mass is 368 g/mol. The molecule has 3 aromatic rings. The lowest BCUT2D eigenvalue weighted by atomic mass is 10.1. The van der Waals surface area contributed by atoms with Crippen molar-refractivity contribution < 1.29 is 19.0 Å². The van der Waals surface area contributed by atoms with Gasteiger partial charge in [-0.05, 0) is 12.1 Å². The number of nitro groups is 1. The molecule has 9 nitrogen and oxygen atoms in total. The van der Waals surface area contributed by atoms with Gasteiger partial charge in [-0.25, -0.2) is 0 Å². The Bertz CT molecular complexity index is 970. The number of aryl methyl sites for hydroxylation is 1. The molecular formula is C18H16N4O5. The summed E-state index contributed by atoms with van der Waals surface area (Å²) in [7, 11) is 0. The lowest BCUT2D eigenvalue weighted by Crippen LogP contribution is -2.24. The van der Waals surface area contributed by atoms with Gasteiger partial charge in [-0.2, -0.15) is 4.98 Å². The second-order valence-corrected chi connectivity index (χ2v) is 5.58. The Morgan fingerprint density at radius 2 is 1.96 bits per heavy atom. The van der Waals surface area contributed by atoms with Crippen LogP contribution in [0.15, 0.2) is 53.1 Å². The SMILES string of the molecule is Cc1nc(COc2ccccc2C(=O)NCc2ccccc2[N+](=O)[O-])no1. The van der Waals surface area contributed by atoms with Crippen molar-refractivity contribution in [1.82, 2.24) is 15.5 Å². The normalized spacial score (nSPS) is 10.4. The molecule has 1 heterocycles. The summed E-state index contributed by atoms with van der Waals surface area (Å²) < 4.78 is 10.5. The van der Waals surface area contributed by atoms with Crippen LogP contribution in [0.4, 0.5) is 5.69 Å². The molecule has 0 aliphatic rings. The van der Waals surface area contributed by atoms with E-state index in [4.69, 9.17) is 9.26 Å². The maximum Gasteiger partial charge on any atom is 0.274 e. The van der Waals surface area contributed by atoms with E-state index in [2.05, 4.69) is 15.5 Å². The zero-order chi connectivity index (χ0) is 19.2. The minimum atomic E-state index is -0.481. The molecule has 138 valence electrons. The highest BCUT2D eigenvalue weighted by Gasteiger charge is 2.16. The Kier molecular flexibility index (Phi) is 5.41. The second-order valence-electron chi connectivity index (χ2n) is 5.58. The molecule has 1 amide bonds. The van der Waals surface area contributed by atoms with Gasteiger partial charge in [0.15, 0.2) is 6.61 Å². The average molecular weight is 368 g/mol. The molecule has 0 aliphatic heterocycles. The predicted molar refractivity (Wildman–Crippen MR) is 94.1 cm³/mol. The van der Waals surface area contributed by atoms with Crippen LogP contribution < -0.4 is 10.1 Å². The minimum Gasteiger partial charge on any atom is -0.485 e. The molecule has 27 heavy (non-hydrogen) atoms. The standard InChI is InChI=1S/C18H16N4O5/c1-12-20-17(21-27-12)11-26-16-9-5-3-7-14(16)18(23)19-10-13-6-2-4-8-15(13)22(24)25/h2-9H,10-11H2,1H3,(H,19,23). The molecule has 1 aromatic heterocycles. The average Bonchev–Trinajstić information content (AvgIpc) is 3.10. The molecule has 0 saturated heterocycles. The molecule has 9 heteroatoms. The van der Waals surface area contributed by atoms with Crippen molar-refractivity contribution in [1.29, 1.82) is 0 Å². The lowest BCUT2D eigenvalue weighted by molar-refractivity contribution is -0.385. The molecule has 0 fully saturated rings. The first-order valence-corrected chi connectivity index (χ1v) is 8.06. The van der Waals surface area contributed by atoms with Gasteiger partial charge >= 0.3 is 0 Å². The Hall–Kier alpha value is -3.75. The van der Waals surface area contributed by atoms with Crippen LogP contribution >= 0.6 is 0 Å². The Labute approximate surface area is 154 Å². The van der Waals surface area contributed by atoms with E-state index in [1.165, 1.54) is 6.07 Å². The molecule has 0 spiro atoms. The largest absolute Gasteiger partial charge is 0.485 e. The van der Waals surface area contributed by atoms with Gasteiger partial charge in [0.2, 0.25) is 11.7 Å². The van der Waals surface area contributed by atoms with Crippen LogP contribution in [0.3, 0.4) is 0 Å². The summed E-state index contributed by atoms with van der Waals surface area (Å²) in [6.45, 7) is 1.74. The number of hydrogen-bond donors (Lipinski definition) is 1. The van der Waals surface area contributed by atoms with Crippen LogP contribution in [0.1, 0.15) is 27.6 Å². The maximum atomic E-state index is 12.5. The Morgan fingerprint density at radius 1 is 1.22 bits per heavy atom. The molecule has 1 N–H and O–H groups in total. The predicted octanol–water partition coefficient (Wildman–Crippen LogP) is 2.80. The highest BCUT2D eigenvalue weighted by Crippen LogP contribution is 2.20. The van der Waals surface area contributed by atoms with E-state index in [9.17, 15) is 14.9 Å². The van der Waals surface area contributed by atoms with Crippen molar-refractivity contribution in [3.05, 3.63) is 81.5 Å². The number of nitrogens with zero attached hydrogens (tertiary/aromatic N) is 3. The van der Waals surface area contributed by atoms with Gasteiger partial charge in [0.1, 0.15) is 5.75 Å². The number of aromatic nitrogens is 2. The second kappa shape index (κ2) is 8.09. The van der Waals surface area contributed by atoms with Crippen molar-refractivity contribution in [2.45, 2.75) is 20.1 Å². The number of rotatable bonds is 7. The highest BCUT2D eigenvalue weighted by molar-refractivity contribution is 5.96. The maximum absolute atomic E-state index is 12.5. The van der Waals surface area contributed by atoms with E-state index < -0.39 is 10.8 Å². The third kappa shape index (κ3) is 4.46. The fourth-order valence-corrected chi connectivity index (χ4v) is 2.43. The summed E-state index contributed by atoms with van der Waals surface area (Å²) in [5, 5.41) is 17.5. The highest BCUT2D eigenvalue weighted by atomic mass is 16.6. The summed E-state index contributed by atoms with van der Waals surface area (Å²) in [4.78, 5) is 27.1. The number of ether oxygens (including phenoxy) is 1. The quantitative estimate of drug-likeness (QED) is 0.503. The van der Waals surface area contributed by atoms with E-state index in [0.29, 0.717) is 28.6 Å². The molecule has 0 aliphatic carbocycles. The van der Waals surface area contributed by atoms with Gasteiger partial charge in [0.05, 0.1) is 10.5 Å². The number of para-hydroxylation sites is 2. The lowest BCUT2D eigenvalue weighted by Gasteiger charge is -2.11. The first-order valence-electron chi connectivity index (χ1n) is 8.06. The van der Waals surface area contributed by atoms with Crippen LogP contribution in [0.25, 0.3) is 0 Å². The van der Waals surface area contributed by atoms with E-state index in [0.717, 1.165) is 0 Å². The molecule has 0 radical (unpaired) electrons. The number of carbonyl (C=O) groups is 1. The van der Waals surface area contributed by atoms with Gasteiger partial charge < -0.3 is 14.6 Å². The Morgan fingerprint density at radius 3 is 2.70 bits per heavy atom. The zero-order valence-electron chi connectivity index (χ0n) is 14.4. The third-order valence-corrected chi connectivity index (χ3v) is 3.69. The summed E-state index contributed by atoms with van der Waals surface area (Å²) in [5.74, 6) is 0.722. The van der Waals surface area contributed by atoms with Gasteiger partial charge in [-0.3, -0.25) is 14.9 Å². The van der Waals surface area contributed by atoms with Crippen LogP contribution in [-0.4, -0.2) is 21.0 Å². The molecule has 0 bridgehead atoms. The third-order valence-electron chi connectivity index (χ3n) is 3.69. The fourth-order valence-electron chi connectivity index (χ4n) is 2.43. The van der Waals surface area contributed by atoms with Crippen molar-refractivity contribution in [2.24, 2.45) is 0 Å². The number of benzene rings is 2. The number of amides is 1. The molecule has 0 unspecified atom stereocenters. The number of nitrogens with one attached hydrogen (secondary N) is 1. The summed E-state index contributed by atoms with van der Waals surface area (Å²) in [5.41, 5.74) is 0.669. The summed E-state index contributed by atoms with van der Waals surface area (Å²) >= 11 is 0. The smallest absolute Gasteiger partial charge is 0.274 e. The first kappa shape index (κ1) is 18.1. The van der Waals surface area contributed by atoms with Gasteiger partial charge in [-0.15, -0.1) is 0 Å². The van der Waals surface area contributed by atoms with E-state index in [1.807, 2.05) is 0 Å². The number of nitro benzene ring substituents is 1. The van der Waals surface area contributed by atoms with Crippen LogP contribution in [0, 0.1) is 17.0 Å². The van der Waals surface area contributed by atoms with Crippen molar-refractivity contribution in [3.63, 3.8) is 0 Å². The first-order chi connectivity index (χ1) is 13.0.